The Balaban J connectivity index is 1.45. The molecule has 0 radical (unpaired) electrons. The highest BCUT2D eigenvalue weighted by molar-refractivity contribution is 5.76. The van der Waals surface area contributed by atoms with Crippen LogP contribution >= 0.6 is 0 Å². The van der Waals surface area contributed by atoms with Gasteiger partial charge < -0.3 is 89.9 Å². The lowest BCUT2D eigenvalue weighted by atomic mass is 9.96. The molecule has 3 saturated heterocycles. The molecule has 3 heterocycles. The molecular weight excluding hydrogens is 1120 g/mol. The van der Waals surface area contributed by atoms with E-state index in [9.17, 15) is 61.0 Å². The number of aliphatic hydroxyl groups excluding tert-OH is 11. The summed E-state index contributed by atoms with van der Waals surface area (Å²) in [4.78, 5) is 13.4. The van der Waals surface area contributed by atoms with Gasteiger partial charge in [-0.25, -0.2) is 0 Å². The van der Waals surface area contributed by atoms with Gasteiger partial charge in [-0.15, -0.1) is 0 Å². The highest BCUT2D eigenvalue weighted by Gasteiger charge is 2.53. The molecule has 0 saturated carbocycles. The molecule has 0 spiro atoms. The van der Waals surface area contributed by atoms with Crippen LogP contribution in [0.3, 0.4) is 0 Å². The molecule has 0 aromatic rings. The lowest BCUT2D eigenvalue weighted by molar-refractivity contribution is -0.379. The number of rotatable bonds is 51. The fourth-order valence-electron chi connectivity index (χ4n) is 11.3. The average molecular weight is 1240 g/mol. The summed E-state index contributed by atoms with van der Waals surface area (Å²) >= 11 is 0. The fourth-order valence-corrected chi connectivity index (χ4v) is 11.3. The molecule has 0 bridgehead atoms. The molecule has 1 amide bonds. The van der Waals surface area contributed by atoms with E-state index in [2.05, 4.69) is 79.9 Å². The van der Waals surface area contributed by atoms with Crippen LogP contribution in [0.5, 0.6) is 0 Å². The van der Waals surface area contributed by atoms with E-state index in [0.717, 1.165) is 103 Å². The summed E-state index contributed by atoms with van der Waals surface area (Å²) in [5.74, 6) is -0.255. The van der Waals surface area contributed by atoms with Crippen molar-refractivity contribution in [2.45, 2.75) is 336 Å². The predicted molar refractivity (Wildman–Crippen MR) is 337 cm³/mol. The molecule has 12 N–H and O–H groups in total. The Bertz CT molecular complexity index is 1820. The van der Waals surface area contributed by atoms with Crippen LogP contribution in [0, 0.1) is 0 Å². The Morgan fingerprint density at radius 2 is 0.793 bits per heavy atom. The lowest BCUT2D eigenvalue weighted by Gasteiger charge is -2.48. The van der Waals surface area contributed by atoms with Crippen LogP contribution in [-0.2, 0) is 33.2 Å². The van der Waals surface area contributed by atoms with E-state index in [1.807, 2.05) is 0 Å². The molecule has 3 aliphatic rings. The number of allylic oxidation sites excluding steroid dienone is 10. The smallest absolute Gasteiger partial charge is 0.220 e. The van der Waals surface area contributed by atoms with Crippen LogP contribution in [0.15, 0.2) is 60.8 Å². The molecule has 17 unspecified atom stereocenters. The van der Waals surface area contributed by atoms with Crippen molar-refractivity contribution in [3.05, 3.63) is 60.8 Å². The minimum absolute atomic E-state index is 0.251. The van der Waals surface area contributed by atoms with Gasteiger partial charge in [-0.3, -0.25) is 4.79 Å². The molecule has 87 heavy (non-hydrogen) atoms. The van der Waals surface area contributed by atoms with Crippen LogP contribution in [0.1, 0.15) is 232 Å². The Hall–Kier alpha value is -2.51. The summed E-state index contributed by atoms with van der Waals surface area (Å²) in [6.07, 6.45) is 32.8. The minimum atomic E-state index is -1.98. The second kappa shape index (κ2) is 50.1. The monoisotopic (exact) mass is 1240 g/mol. The highest BCUT2D eigenvalue weighted by atomic mass is 16.8. The van der Waals surface area contributed by atoms with Crippen molar-refractivity contribution in [2.75, 3.05) is 26.4 Å². The third kappa shape index (κ3) is 32.6. The average Bonchev–Trinajstić information content (AvgIpc) is 2.58. The molecule has 0 aromatic heterocycles. The summed E-state index contributed by atoms with van der Waals surface area (Å²) in [5, 5.41) is 121. The van der Waals surface area contributed by atoms with Gasteiger partial charge in [0.2, 0.25) is 5.91 Å². The maximum atomic E-state index is 13.4. The van der Waals surface area contributed by atoms with E-state index in [1.165, 1.54) is 96.3 Å². The molecule has 19 nitrogen and oxygen atoms in total. The van der Waals surface area contributed by atoms with Crippen LogP contribution in [-0.4, -0.2) is 193 Å². The van der Waals surface area contributed by atoms with Gasteiger partial charge in [-0.2, -0.15) is 0 Å². The maximum Gasteiger partial charge on any atom is 0.220 e. The summed E-state index contributed by atoms with van der Waals surface area (Å²) < 4.78 is 34.4. The number of hydrogen-bond donors (Lipinski definition) is 12. The third-order valence-electron chi connectivity index (χ3n) is 16.9. The zero-order valence-corrected chi connectivity index (χ0v) is 53.2. The van der Waals surface area contributed by atoms with Crippen molar-refractivity contribution < 1.29 is 89.4 Å². The number of unbranched alkanes of at least 4 members (excludes halogenated alkanes) is 25. The zero-order chi connectivity index (χ0) is 63.3. The number of carbonyl (C=O) groups excluding carboxylic acids is 1. The van der Waals surface area contributed by atoms with Gasteiger partial charge in [0.15, 0.2) is 18.9 Å². The summed E-state index contributed by atoms with van der Waals surface area (Å²) in [7, 11) is 0. The second-order valence-electron chi connectivity index (χ2n) is 24.3. The number of carbonyl (C=O) groups is 1. The predicted octanol–water partition coefficient (Wildman–Crippen LogP) is 8.38. The van der Waals surface area contributed by atoms with E-state index in [0.29, 0.717) is 12.8 Å². The van der Waals surface area contributed by atoms with Crippen molar-refractivity contribution in [3.8, 4) is 0 Å². The Kier molecular flexibility index (Phi) is 45.3. The van der Waals surface area contributed by atoms with E-state index in [-0.39, 0.29) is 18.9 Å². The van der Waals surface area contributed by atoms with Gasteiger partial charge in [0.05, 0.1) is 38.6 Å². The van der Waals surface area contributed by atoms with E-state index in [4.69, 9.17) is 28.4 Å². The first-order valence-electron chi connectivity index (χ1n) is 34.0. The summed E-state index contributed by atoms with van der Waals surface area (Å²) in [6, 6.07) is -0.897. The van der Waals surface area contributed by atoms with Crippen LogP contribution in [0.2, 0.25) is 0 Å². The van der Waals surface area contributed by atoms with Crippen LogP contribution in [0.4, 0.5) is 0 Å². The standard InChI is InChI=1S/C68H121NO18/c1-3-5-7-9-11-13-15-17-19-21-23-24-25-26-28-30-32-34-36-38-40-42-44-46-56(74)69-51(52(73)45-43-41-39-37-35-33-31-29-27-22-20-18-16-14-12-10-8-6-4-2)50-82-66-62(80)59(77)64(54(48-71)84-66)87-68-63(81)60(78)65(55(49-72)85-68)86-67-61(79)58(76)57(75)53(47-70)83-67/h5,7,11,13,17,19,23-24,26,28,51-55,57-68,70-73,75-81H,3-4,6,8-10,12,14-16,18,20-22,25,27,29-50H2,1-2H3,(H,69,74)/b7-5-,13-11-,19-17-,24-23-,28-26-. The number of hydrogen-bond acceptors (Lipinski definition) is 18. The van der Waals surface area contributed by atoms with Gasteiger partial charge in [0.25, 0.3) is 0 Å². The first kappa shape index (κ1) is 78.7. The third-order valence-corrected chi connectivity index (χ3v) is 16.9. The molecule has 17 atom stereocenters. The Morgan fingerprint density at radius 3 is 1.24 bits per heavy atom. The largest absolute Gasteiger partial charge is 0.394 e. The van der Waals surface area contributed by atoms with E-state index in [1.54, 1.807) is 0 Å². The second-order valence-corrected chi connectivity index (χ2v) is 24.3. The normalized spacial score (nSPS) is 29.0. The molecule has 19 heteroatoms. The zero-order valence-electron chi connectivity index (χ0n) is 53.2. The van der Waals surface area contributed by atoms with Crippen molar-refractivity contribution in [1.82, 2.24) is 5.32 Å². The van der Waals surface area contributed by atoms with Gasteiger partial charge in [-0.1, -0.05) is 229 Å². The summed E-state index contributed by atoms with van der Waals surface area (Å²) in [5.41, 5.74) is 0. The van der Waals surface area contributed by atoms with Crippen molar-refractivity contribution in [2.24, 2.45) is 0 Å². The van der Waals surface area contributed by atoms with E-state index >= 15 is 0 Å². The fraction of sp³-hybridized carbons (Fsp3) is 0.838. The highest BCUT2D eigenvalue weighted by Crippen LogP contribution is 2.33. The Morgan fingerprint density at radius 1 is 0.425 bits per heavy atom. The van der Waals surface area contributed by atoms with Gasteiger partial charge in [0.1, 0.15) is 73.2 Å². The van der Waals surface area contributed by atoms with Crippen molar-refractivity contribution in [3.63, 3.8) is 0 Å². The SMILES string of the molecule is CC/C=C\C/C=C\C/C=C\C/C=C\C/C=C\CCCCCCCCCC(=O)NC(COC1OC(CO)C(OC2OC(CO)C(OC3OC(CO)C(O)C(O)C3O)C(O)C2O)C(O)C1O)C(O)CCCCCCCCCCCCCCCCCCCCC. The molecule has 0 aliphatic carbocycles. The maximum absolute atomic E-state index is 13.4. The molecule has 3 aliphatic heterocycles. The minimum Gasteiger partial charge on any atom is -0.394 e. The molecule has 506 valence electrons. The van der Waals surface area contributed by atoms with Gasteiger partial charge >= 0.3 is 0 Å². The first-order valence-corrected chi connectivity index (χ1v) is 34.0. The molecule has 3 fully saturated rings. The molecule has 0 aromatic carbocycles. The number of ether oxygens (including phenoxy) is 6. The molecule has 3 rings (SSSR count). The van der Waals surface area contributed by atoms with Crippen molar-refractivity contribution >= 4 is 5.91 Å². The van der Waals surface area contributed by atoms with E-state index < -0.39 is 124 Å². The van der Waals surface area contributed by atoms with Crippen LogP contribution in [0.25, 0.3) is 0 Å². The number of amides is 1. The van der Waals surface area contributed by atoms with Crippen LogP contribution < -0.4 is 5.32 Å². The van der Waals surface area contributed by atoms with Crippen molar-refractivity contribution in [1.29, 1.82) is 0 Å². The van der Waals surface area contributed by atoms with Gasteiger partial charge in [0, 0.05) is 6.42 Å². The summed E-state index contributed by atoms with van der Waals surface area (Å²) in [6.45, 7) is 1.68. The number of aliphatic hydroxyl groups is 11. The molecular formula is C68H121NO18. The Labute approximate surface area is 522 Å². The topological polar surface area (TPSA) is 307 Å². The quantitative estimate of drug-likeness (QED) is 0.0201. The lowest BCUT2D eigenvalue weighted by Crippen LogP contribution is -2.66. The first-order chi connectivity index (χ1) is 42.3. The van der Waals surface area contributed by atoms with Gasteiger partial charge in [-0.05, 0) is 57.8 Å². The number of nitrogens with one attached hydrogen (secondary N) is 1.